The molecule has 0 aromatic heterocycles. The Morgan fingerprint density at radius 1 is 0.255 bits per heavy atom. The predicted molar refractivity (Wildman–Crippen MR) is 341 cm³/mol. The molecule has 0 aromatic carbocycles. The van der Waals surface area contributed by atoms with E-state index in [9.17, 15) is 137 Å². The van der Waals surface area contributed by atoms with Crippen LogP contribution in [0, 0.1) is 0 Å². The molecule has 9 rings (SSSR count). The number of hydrogen-bond donors (Lipinski definition) is 27. The minimum absolute atomic E-state index is 0.816. The average Bonchev–Trinajstić information content (AvgIpc) is 0.762. The fraction of sp³-hybridized carbons (Fsp3) is 0.935. The predicted octanol–water partition coefficient (Wildman–Crippen LogP) is -18.0. The van der Waals surface area contributed by atoms with E-state index >= 15 is 0 Å². The van der Waals surface area contributed by atoms with Crippen molar-refractivity contribution >= 4 is 23.6 Å². The largest absolute Gasteiger partial charge is 0.394 e. The van der Waals surface area contributed by atoms with E-state index in [4.69, 9.17) is 80.5 Å². The second-order valence-corrected chi connectivity index (χ2v) is 28.2. The molecule has 0 saturated carbocycles. The lowest BCUT2D eigenvalue weighted by molar-refractivity contribution is -0.397. The first-order valence-corrected chi connectivity index (χ1v) is 35.3. The molecule has 0 aliphatic carbocycles. The van der Waals surface area contributed by atoms with Gasteiger partial charge in [-0.2, -0.15) is 0 Å². The summed E-state index contributed by atoms with van der Waals surface area (Å²) in [4.78, 5) is 51.2. The number of aliphatic hydroxyl groups is 23. The Labute approximate surface area is 624 Å². The Morgan fingerprint density at radius 3 is 1.00 bits per heavy atom. The molecule has 0 spiro atoms. The van der Waals surface area contributed by atoms with Crippen molar-refractivity contribution in [3.8, 4) is 0 Å². The molecule has 4 amide bonds. The molecule has 9 saturated heterocycles. The van der Waals surface area contributed by atoms with Gasteiger partial charge in [0.05, 0.1) is 58.5 Å². The number of carbonyl (C=O) groups is 4. The second-order valence-electron chi connectivity index (χ2n) is 28.2. The van der Waals surface area contributed by atoms with E-state index < -0.39 is 346 Å². The minimum atomic E-state index is -2.53. The molecule has 0 radical (unpaired) electrons. The smallest absolute Gasteiger partial charge is 0.217 e. The summed E-state index contributed by atoms with van der Waals surface area (Å²) in [5.41, 5.74) is 0. The summed E-state index contributed by atoms with van der Waals surface area (Å²) >= 11 is 0. The van der Waals surface area contributed by atoms with Gasteiger partial charge in [0.25, 0.3) is 0 Å². The number of aliphatic hydroxyl groups excluding tert-OH is 23. The Balaban J connectivity index is 1.04. The molecule has 636 valence electrons. The van der Waals surface area contributed by atoms with E-state index in [0.29, 0.717) is 0 Å². The molecule has 9 aliphatic heterocycles. The first-order valence-electron chi connectivity index (χ1n) is 35.3. The fourth-order valence-corrected chi connectivity index (χ4v) is 14.2. The van der Waals surface area contributed by atoms with E-state index in [2.05, 4.69) is 21.3 Å². The van der Waals surface area contributed by atoms with Gasteiger partial charge >= 0.3 is 0 Å². The first-order chi connectivity index (χ1) is 51.9. The molecule has 110 heavy (non-hydrogen) atoms. The van der Waals surface area contributed by atoms with E-state index in [1.807, 2.05) is 0 Å². The SMILES string of the molecule is CC(=O)N[C@@H]1[C@@H](O)[C@H](O[C@@H]2O[C@H](CO)[C@@H](O[C@@H]3O[C@H](CO[C@H]4O[C@H](CO)[C@@H](O)[C@H](O)[C@@H]4O)[C@@H](O)[C@H](O[C@H]4O[C@H](CO)[C@@H](O)[C@H](O)[C@@H]4O[C@@H]4O[C@H](CO[C@@H]5O[C@@H](C)[C@@H](O)[C@@H](O)[C@@H]5O)[C@@H](O[C@@H]5O[C@H](CO)[C@H](O)[C@H](O)[C@H]5NC(C)=O)[C@H](O)[C@H]4NC(C)=O)[C@@H]3O)[C@H](O)[C@H]2NC(C)=O)[C@@H](CO[C@@H]2O[C@@H](C)[C@@H](O)[C@@H](O)[C@@H]2O)O[C@H]1O. The van der Waals surface area contributed by atoms with Crippen LogP contribution >= 0.6 is 0 Å². The van der Waals surface area contributed by atoms with Gasteiger partial charge in [-0.1, -0.05) is 0 Å². The topological polar surface area (TPSA) is 739 Å². The van der Waals surface area contributed by atoms with E-state index in [-0.39, 0.29) is 0 Å². The van der Waals surface area contributed by atoms with Crippen LogP contribution in [0.25, 0.3) is 0 Å². The first kappa shape index (κ1) is 90.2. The highest BCUT2D eigenvalue weighted by atomic mass is 16.8. The monoisotopic (exact) mass is 1610 g/mol. The molecular weight excluding hydrogens is 1500 g/mol. The maximum absolute atomic E-state index is 13.2. The van der Waals surface area contributed by atoms with Crippen LogP contribution in [0.4, 0.5) is 0 Å². The number of nitrogens with one attached hydrogen (secondary N) is 4. The molecule has 0 aromatic rings. The Bertz CT molecular complexity index is 2930. The lowest BCUT2D eigenvalue weighted by atomic mass is 9.93. The van der Waals surface area contributed by atoms with Gasteiger partial charge in [-0.15, -0.1) is 0 Å². The van der Waals surface area contributed by atoms with Gasteiger partial charge in [-0.3, -0.25) is 19.2 Å². The number of amides is 4. The van der Waals surface area contributed by atoms with Crippen molar-refractivity contribution in [2.75, 3.05) is 46.2 Å². The minimum Gasteiger partial charge on any atom is -0.394 e. The highest BCUT2D eigenvalue weighted by molar-refractivity contribution is 5.74. The van der Waals surface area contributed by atoms with Crippen molar-refractivity contribution in [2.24, 2.45) is 0 Å². The van der Waals surface area contributed by atoms with Crippen LogP contribution in [0.3, 0.4) is 0 Å². The van der Waals surface area contributed by atoms with Crippen LogP contribution in [0.2, 0.25) is 0 Å². The van der Waals surface area contributed by atoms with Gasteiger partial charge in [0.2, 0.25) is 23.6 Å². The molecule has 45 atom stereocenters. The van der Waals surface area contributed by atoms with Gasteiger partial charge < -0.3 is 219 Å². The Morgan fingerprint density at radius 2 is 0.555 bits per heavy atom. The summed E-state index contributed by atoms with van der Waals surface area (Å²) < 4.78 is 101. The summed E-state index contributed by atoms with van der Waals surface area (Å²) in [6.45, 7) is -0.647. The Hall–Kier alpha value is -3.72. The zero-order chi connectivity index (χ0) is 81.1. The maximum atomic E-state index is 13.2. The normalized spacial score (nSPS) is 49.6. The highest BCUT2D eigenvalue weighted by Gasteiger charge is 2.60. The van der Waals surface area contributed by atoms with Crippen molar-refractivity contribution in [2.45, 2.75) is 318 Å². The third-order valence-corrected chi connectivity index (χ3v) is 20.2. The number of hydrogen-bond acceptors (Lipinski definition) is 44. The summed E-state index contributed by atoms with van der Waals surface area (Å²) in [6.07, 6.45) is -81.6. The number of carbonyl (C=O) groups excluding carboxylic acids is 4. The van der Waals surface area contributed by atoms with Crippen molar-refractivity contribution in [1.82, 2.24) is 21.3 Å². The van der Waals surface area contributed by atoms with Crippen molar-refractivity contribution < 1.29 is 217 Å². The third kappa shape index (κ3) is 20.1. The molecule has 0 bridgehead atoms. The van der Waals surface area contributed by atoms with Gasteiger partial charge in [0, 0.05) is 27.7 Å². The van der Waals surface area contributed by atoms with Crippen LogP contribution in [0.1, 0.15) is 41.5 Å². The zero-order valence-electron chi connectivity index (χ0n) is 59.8. The maximum Gasteiger partial charge on any atom is 0.217 e. The summed E-state index contributed by atoms with van der Waals surface area (Å²) in [7, 11) is 0. The van der Waals surface area contributed by atoms with E-state index in [1.165, 1.54) is 13.8 Å². The van der Waals surface area contributed by atoms with Gasteiger partial charge in [0.15, 0.2) is 56.6 Å². The van der Waals surface area contributed by atoms with E-state index in [0.717, 1.165) is 27.7 Å². The standard InChI is InChI=1S/C62H104N4O44/c1-14-31(75)41(85)45(89)58(97-14)95-12-25-50(38(82)27(54(93)99-25)63-16(3)71)106-56-29(65-18(5)73)39(83)49(23(10-70)103-56)108-61-48(92)52(36(80)24(104-61)11-94-60-47(91)43(87)34(78)21(8-68)101-60)109-62-53(44(88)35(79)22(9-69)102-62)110-57-30(66-19(6)74)40(84)51(26(105-57)13-96-59-46(90)42(86)32(76)15(2)98-59)107-55-28(64-17(4)72)37(81)33(77)20(7-67)100-55/h14-15,20-62,67-70,75-93H,7-13H2,1-6H3,(H,63,71)(H,64,72)(H,65,73)(H,66,74)/t14-,15-,20+,21+,22+,23+,24+,25+,26+,27+,28+,29+,30+,31+,32+,33-,34+,35+,36+,37+,38+,39+,40+,41+,42+,43-,44-,45-,46-,47-,48-,49+,50+,51+,52-,53-,54+,55-,56-,57-,58+,59+,60-,61-,62+/m0/s1. The van der Waals surface area contributed by atoms with Crippen LogP contribution in [-0.2, 0) is 99.7 Å². The van der Waals surface area contributed by atoms with Crippen molar-refractivity contribution in [1.29, 1.82) is 0 Å². The number of rotatable bonds is 27. The summed E-state index contributed by atoms with van der Waals surface area (Å²) in [5, 5.41) is 266. The second kappa shape index (κ2) is 39.0. The summed E-state index contributed by atoms with van der Waals surface area (Å²) in [5.74, 6) is -3.57. The van der Waals surface area contributed by atoms with Crippen LogP contribution in [0.5, 0.6) is 0 Å². The van der Waals surface area contributed by atoms with Crippen LogP contribution in [-0.4, -0.2) is 463 Å². The van der Waals surface area contributed by atoms with Crippen molar-refractivity contribution in [3.63, 3.8) is 0 Å². The van der Waals surface area contributed by atoms with Gasteiger partial charge in [-0.25, -0.2) is 0 Å². The van der Waals surface area contributed by atoms with Crippen LogP contribution in [0.15, 0.2) is 0 Å². The lowest BCUT2D eigenvalue weighted by Gasteiger charge is -2.51. The lowest BCUT2D eigenvalue weighted by Crippen LogP contribution is -2.71. The van der Waals surface area contributed by atoms with Crippen LogP contribution < -0.4 is 21.3 Å². The van der Waals surface area contributed by atoms with Gasteiger partial charge in [-0.05, 0) is 13.8 Å². The molecule has 9 heterocycles. The highest BCUT2D eigenvalue weighted by Crippen LogP contribution is 2.39. The quantitative estimate of drug-likeness (QED) is 0.0363. The van der Waals surface area contributed by atoms with E-state index in [1.54, 1.807) is 0 Å². The average molecular weight is 1610 g/mol. The van der Waals surface area contributed by atoms with Crippen molar-refractivity contribution in [3.05, 3.63) is 0 Å². The molecule has 48 heteroatoms. The van der Waals surface area contributed by atoms with Gasteiger partial charge in [0.1, 0.15) is 207 Å². The Kier molecular flexibility index (Phi) is 32.0. The summed E-state index contributed by atoms with van der Waals surface area (Å²) in [6, 6.07) is -7.41. The fourth-order valence-electron chi connectivity index (χ4n) is 14.2. The number of ether oxygens (including phenoxy) is 17. The zero-order valence-corrected chi connectivity index (χ0v) is 59.8. The molecule has 9 aliphatic rings. The molecule has 27 N–H and O–H groups in total. The molecule has 48 nitrogen and oxygen atoms in total. The molecule has 9 fully saturated rings. The molecular formula is C62H104N4O44. The molecule has 0 unspecified atom stereocenters. The third-order valence-electron chi connectivity index (χ3n) is 20.2.